The number of ether oxygens (including phenoxy) is 1. The smallest absolute Gasteiger partial charge is 0.251 e. The van der Waals surface area contributed by atoms with Crippen molar-refractivity contribution < 1.29 is 14.3 Å². The molecular weight excluding hydrogens is 330 g/mol. The normalized spacial score (nSPS) is 19.8. The van der Waals surface area contributed by atoms with Crippen LogP contribution in [0.1, 0.15) is 37.0 Å². The summed E-state index contributed by atoms with van der Waals surface area (Å²) in [5, 5.41) is 3.07. The summed E-state index contributed by atoms with van der Waals surface area (Å²) in [7, 11) is 0. The van der Waals surface area contributed by atoms with E-state index in [-0.39, 0.29) is 11.8 Å². The Kier molecular flexibility index (Phi) is 6.27. The van der Waals surface area contributed by atoms with E-state index in [1.54, 1.807) is 17.0 Å². The standard InChI is InChI=1S/C20H29N3O3/c1-15(2)18(22-10-12-26-13-11-22)14-21-20(25)16-5-7-17(8-6-16)23-9-3-4-19(23)24/h5-8,15,18H,3-4,9-14H2,1-2H3,(H,21,25)/t18-/m1/s1. The van der Waals surface area contributed by atoms with Gasteiger partial charge in [0.15, 0.2) is 0 Å². The van der Waals surface area contributed by atoms with Gasteiger partial charge in [0.2, 0.25) is 5.91 Å². The number of hydrogen-bond acceptors (Lipinski definition) is 4. The molecule has 2 fully saturated rings. The summed E-state index contributed by atoms with van der Waals surface area (Å²) in [4.78, 5) is 28.5. The maximum absolute atomic E-state index is 12.5. The molecule has 6 heteroatoms. The lowest BCUT2D eigenvalue weighted by atomic mass is 10.0. The lowest BCUT2D eigenvalue weighted by Crippen LogP contribution is -2.51. The Hall–Kier alpha value is -1.92. The van der Waals surface area contributed by atoms with Gasteiger partial charge in [-0.1, -0.05) is 13.8 Å². The Morgan fingerprint density at radius 2 is 1.85 bits per heavy atom. The number of nitrogens with zero attached hydrogens (tertiary/aromatic N) is 2. The van der Waals surface area contributed by atoms with Gasteiger partial charge < -0.3 is 15.0 Å². The summed E-state index contributed by atoms with van der Waals surface area (Å²) in [5.41, 5.74) is 1.50. The molecule has 2 amide bonds. The first-order valence-corrected chi connectivity index (χ1v) is 9.56. The van der Waals surface area contributed by atoms with Gasteiger partial charge in [0.1, 0.15) is 0 Å². The zero-order valence-corrected chi connectivity index (χ0v) is 15.7. The Bertz CT molecular complexity index is 624. The zero-order chi connectivity index (χ0) is 18.5. The number of benzene rings is 1. The number of hydrogen-bond donors (Lipinski definition) is 1. The lowest BCUT2D eigenvalue weighted by molar-refractivity contribution is -0.117. The van der Waals surface area contributed by atoms with Crippen LogP contribution >= 0.6 is 0 Å². The Balaban J connectivity index is 1.57. The van der Waals surface area contributed by atoms with Gasteiger partial charge in [-0.25, -0.2) is 0 Å². The number of rotatable bonds is 6. The molecule has 2 aliphatic heterocycles. The molecule has 2 saturated heterocycles. The minimum Gasteiger partial charge on any atom is -0.379 e. The first-order valence-electron chi connectivity index (χ1n) is 9.56. The van der Waals surface area contributed by atoms with E-state index in [1.165, 1.54) is 0 Å². The van der Waals surface area contributed by atoms with E-state index < -0.39 is 0 Å². The van der Waals surface area contributed by atoms with Crippen molar-refractivity contribution in [1.29, 1.82) is 0 Å². The Labute approximate surface area is 155 Å². The maximum Gasteiger partial charge on any atom is 0.251 e. The van der Waals surface area contributed by atoms with Crippen LogP contribution in [0.2, 0.25) is 0 Å². The van der Waals surface area contributed by atoms with Crippen LogP contribution in [0.25, 0.3) is 0 Å². The van der Waals surface area contributed by atoms with E-state index in [1.807, 2.05) is 12.1 Å². The minimum atomic E-state index is -0.0665. The Morgan fingerprint density at radius 3 is 2.42 bits per heavy atom. The van der Waals surface area contributed by atoms with Gasteiger partial charge in [-0.3, -0.25) is 14.5 Å². The van der Waals surface area contributed by atoms with E-state index >= 15 is 0 Å². The molecule has 0 radical (unpaired) electrons. The van der Waals surface area contributed by atoms with Crippen molar-refractivity contribution in [2.24, 2.45) is 5.92 Å². The van der Waals surface area contributed by atoms with Crippen LogP contribution in [0, 0.1) is 5.92 Å². The van der Waals surface area contributed by atoms with Gasteiger partial charge in [-0.15, -0.1) is 0 Å². The van der Waals surface area contributed by atoms with Crippen molar-refractivity contribution in [3.8, 4) is 0 Å². The molecule has 1 atom stereocenters. The maximum atomic E-state index is 12.5. The number of carbonyl (C=O) groups is 2. The summed E-state index contributed by atoms with van der Waals surface area (Å²) in [6.45, 7) is 9.11. The van der Waals surface area contributed by atoms with Crippen LogP contribution in [0.15, 0.2) is 24.3 Å². The van der Waals surface area contributed by atoms with Crippen molar-refractivity contribution in [2.75, 3.05) is 44.3 Å². The topological polar surface area (TPSA) is 61.9 Å². The molecule has 1 aromatic carbocycles. The van der Waals surface area contributed by atoms with E-state index in [2.05, 4.69) is 24.1 Å². The molecule has 26 heavy (non-hydrogen) atoms. The van der Waals surface area contributed by atoms with Crippen molar-refractivity contribution in [3.63, 3.8) is 0 Å². The highest BCUT2D eigenvalue weighted by Crippen LogP contribution is 2.21. The first-order chi connectivity index (χ1) is 12.6. The summed E-state index contributed by atoms with van der Waals surface area (Å²) in [6, 6.07) is 7.63. The molecule has 0 unspecified atom stereocenters. The van der Waals surface area contributed by atoms with E-state index in [0.717, 1.165) is 45.0 Å². The molecule has 2 aliphatic rings. The first kappa shape index (κ1) is 18.9. The van der Waals surface area contributed by atoms with Crippen LogP contribution in [0.5, 0.6) is 0 Å². The molecule has 1 aromatic rings. The molecule has 0 spiro atoms. The number of anilines is 1. The number of amides is 2. The van der Waals surface area contributed by atoms with Crippen molar-refractivity contribution in [2.45, 2.75) is 32.7 Å². The molecule has 3 rings (SSSR count). The summed E-state index contributed by atoms with van der Waals surface area (Å²) in [5.74, 6) is 0.549. The minimum absolute atomic E-state index is 0.0665. The zero-order valence-electron chi connectivity index (χ0n) is 15.7. The van der Waals surface area contributed by atoms with Crippen LogP contribution in [-0.4, -0.2) is 62.1 Å². The third-order valence-electron chi connectivity index (χ3n) is 5.27. The molecule has 0 bridgehead atoms. The summed E-state index contributed by atoms with van der Waals surface area (Å²) < 4.78 is 5.43. The number of nitrogens with one attached hydrogen (secondary N) is 1. The molecule has 142 valence electrons. The second-order valence-corrected chi connectivity index (χ2v) is 7.37. The third-order valence-corrected chi connectivity index (χ3v) is 5.27. The van der Waals surface area contributed by atoms with Crippen LogP contribution < -0.4 is 10.2 Å². The fourth-order valence-corrected chi connectivity index (χ4v) is 3.71. The molecule has 2 heterocycles. The van der Waals surface area contributed by atoms with Crippen LogP contribution in [0.4, 0.5) is 5.69 Å². The predicted molar refractivity (Wildman–Crippen MR) is 101 cm³/mol. The van der Waals surface area contributed by atoms with Gasteiger partial charge in [0.05, 0.1) is 13.2 Å². The average Bonchev–Trinajstić information content (AvgIpc) is 3.08. The molecule has 1 N–H and O–H groups in total. The van der Waals surface area contributed by atoms with E-state index in [4.69, 9.17) is 4.74 Å². The SMILES string of the molecule is CC(C)[C@@H](CNC(=O)c1ccc(N2CCCC2=O)cc1)N1CCOCC1. The fraction of sp³-hybridized carbons (Fsp3) is 0.600. The predicted octanol–water partition coefficient (Wildman–Crippen LogP) is 1.90. The number of carbonyl (C=O) groups excluding carboxylic acids is 2. The third kappa shape index (κ3) is 4.43. The summed E-state index contributed by atoms with van der Waals surface area (Å²) in [6.07, 6.45) is 1.51. The van der Waals surface area contributed by atoms with Crippen molar-refractivity contribution in [3.05, 3.63) is 29.8 Å². The summed E-state index contributed by atoms with van der Waals surface area (Å²) >= 11 is 0. The van der Waals surface area contributed by atoms with Crippen LogP contribution in [0.3, 0.4) is 0 Å². The quantitative estimate of drug-likeness (QED) is 0.843. The molecular formula is C20H29N3O3. The molecule has 0 saturated carbocycles. The lowest BCUT2D eigenvalue weighted by Gasteiger charge is -2.36. The highest BCUT2D eigenvalue weighted by atomic mass is 16.5. The fourth-order valence-electron chi connectivity index (χ4n) is 3.71. The van der Waals surface area contributed by atoms with Gasteiger partial charge >= 0.3 is 0 Å². The molecule has 0 aliphatic carbocycles. The highest BCUT2D eigenvalue weighted by molar-refractivity contribution is 5.97. The van der Waals surface area contributed by atoms with E-state index in [0.29, 0.717) is 30.5 Å². The van der Waals surface area contributed by atoms with Crippen LogP contribution in [-0.2, 0) is 9.53 Å². The van der Waals surface area contributed by atoms with E-state index in [9.17, 15) is 9.59 Å². The molecule has 0 aromatic heterocycles. The van der Waals surface area contributed by atoms with Gasteiger partial charge in [-0.05, 0) is 36.6 Å². The second-order valence-electron chi connectivity index (χ2n) is 7.37. The number of morpholine rings is 1. The van der Waals surface area contributed by atoms with Gasteiger partial charge in [-0.2, -0.15) is 0 Å². The second kappa shape index (κ2) is 8.64. The monoisotopic (exact) mass is 359 g/mol. The molecule has 6 nitrogen and oxygen atoms in total. The Morgan fingerprint density at radius 1 is 1.15 bits per heavy atom. The van der Waals surface area contributed by atoms with Crippen molar-refractivity contribution >= 4 is 17.5 Å². The highest BCUT2D eigenvalue weighted by Gasteiger charge is 2.25. The van der Waals surface area contributed by atoms with Gasteiger partial charge in [0.25, 0.3) is 5.91 Å². The average molecular weight is 359 g/mol. The largest absolute Gasteiger partial charge is 0.379 e. The van der Waals surface area contributed by atoms with Gasteiger partial charge in [0, 0.05) is 49.9 Å². The van der Waals surface area contributed by atoms with Crippen molar-refractivity contribution in [1.82, 2.24) is 10.2 Å².